The quantitative estimate of drug-likeness (QED) is 0.479. The fourth-order valence-corrected chi connectivity index (χ4v) is 2.43. The van der Waals surface area contributed by atoms with Crippen LogP contribution < -0.4 is 0 Å². The molecule has 0 radical (unpaired) electrons. The van der Waals surface area contributed by atoms with Crippen LogP contribution in [0.4, 0.5) is 5.69 Å². The summed E-state index contributed by atoms with van der Waals surface area (Å²) in [5.74, 6) is 0.969. The van der Waals surface area contributed by atoms with E-state index in [1.54, 1.807) is 18.3 Å². The molecule has 1 aromatic carbocycles. The molecule has 0 amide bonds. The number of nitrogens with zero attached hydrogens (tertiary/aromatic N) is 3. The molecule has 0 spiro atoms. The molecule has 0 fully saturated rings. The van der Waals surface area contributed by atoms with E-state index >= 15 is 0 Å². The standard InChI is InChI=1S/C13H14BrN3O2/c1-2-3-13-15-6-7-16(13)11-4-5-12(17(18)19)10(8-11)9-14/h4-8H,2-3,9H2,1H3. The lowest BCUT2D eigenvalue weighted by Crippen LogP contribution is -2.02. The highest BCUT2D eigenvalue weighted by molar-refractivity contribution is 9.08. The zero-order chi connectivity index (χ0) is 13.8. The third kappa shape index (κ3) is 2.84. The average molecular weight is 324 g/mol. The maximum Gasteiger partial charge on any atom is 0.273 e. The van der Waals surface area contributed by atoms with E-state index in [1.807, 2.05) is 16.8 Å². The summed E-state index contributed by atoms with van der Waals surface area (Å²) >= 11 is 3.29. The van der Waals surface area contributed by atoms with Gasteiger partial charge in [-0.25, -0.2) is 4.98 Å². The van der Waals surface area contributed by atoms with Crippen LogP contribution in [0, 0.1) is 10.1 Å². The Balaban J connectivity index is 2.45. The number of nitro benzene ring substituents is 1. The number of imidazole rings is 1. The van der Waals surface area contributed by atoms with Gasteiger partial charge in [0.25, 0.3) is 5.69 Å². The van der Waals surface area contributed by atoms with Gasteiger partial charge in [-0.2, -0.15) is 0 Å². The molecule has 0 saturated heterocycles. The van der Waals surface area contributed by atoms with Gasteiger partial charge in [-0.1, -0.05) is 22.9 Å². The van der Waals surface area contributed by atoms with E-state index in [1.165, 1.54) is 0 Å². The maximum atomic E-state index is 10.9. The van der Waals surface area contributed by atoms with E-state index < -0.39 is 0 Å². The summed E-state index contributed by atoms with van der Waals surface area (Å²) in [4.78, 5) is 14.9. The zero-order valence-electron chi connectivity index (χ0n) is 10.5. The molecule has 0 N–H and O–H groups in total. The second kappa shape index (κ2) is 5.97. The highest BCUT2D eigenvalue weighted by atomic mass is 79.9. The summed E-state index contributed by atoms with van der Waals surface area (Å²) in [6, 6.07) is 5.13. The molecule has 0 aliphatic carbocycles. The molecule has 1 aromatic heterocycles. The van der Waals surface area contributed by atoms with E-state index in [0.29, 0.717) is 10.9 Å². The van der Waals surface area contributed by atoms with Gasteiger partial charge in [0.1, 0.15) is 5.82 Å². The molecule has 2 aromatic rings. The number of aromatic nitrogens is 2. The van der Waals surface area contributed by atoms with Gasteiger partial charge in [0, 0.05) is 41.5 Å². The minimum absolute atomic E-state index is 0.137. The molecule has 0 atom stereocenters. The number of hydrogen-bond acceptors (Lipinski definition) is 3. The van der Waals surface area contributed by atoms with Crippen LogP contribution in [0.2, 0.25) is 0 Å². The van der Waals surface area contributed by atoms with Crippen LogP contribution in [-0.4, -0.2) is 14.5 Å². The van der Waals surface area contributed by atoms with E-state index in [4.69, 9.17) is 0 Å². The van der Waals surface area contributed by atoms with Crippen LogP contribution in [0.25, 0.3) is 5.69 Å². The second-order valence-corrected chi connectivity index (χ2v) is 4.73. The van der Waals surface area contributed by atoms with Crippen molar-refractivity contribution < 1.29 is 4.92 Å². The van der Waals surface area contributed by atoms with Gasteiger partial charge < -0.3 is 4.57 Å². The topological polar surface area (TPSA) is 61.0 Å². The summed E-state index contributed by atoms with van der Waals surface area (Å²) < 4.78 is 1.97. The Kier molecular flexibility index (Phi) is 4.31. The largest absolute Gasteiger partial charge is 0.304 e. The fraction of sp³-hybridized carbons (Fsp3) is 0.308. The normalized spacial score (nSPS) is 10.6. The monoisotopic (exact) mass is 323 g/mol. The molecule has 19 heavy (non-hydrogen) atoms. The van der Waals surface area contributed by atoms with Crippen LogP contribution in [0.1, 0.15) is 24.7 Å². The van der Waals surface area contributed by atoms with Crippen molar-refractivity contribution in [1.82, 2.24) is 9.55 Å². The van der Waals surface area contributed by atoms with Gasteiger partial charge in [-0.15, -0.1) is 0 Å². The third-order valence-corrected chi connectivity index (χ3v) is 3.48. The molecule has 1 heterocycles. The summed E-state index contributed by atoms with van der Waals surface area (Å²) in [6.07, 6.45) is 5.52. The van der Waals surface area contributed by atoms with Crippen LogP contribution in [0.3, 0.4) is 0 Å². The minimum atomic E-state index is -0.360. The molecule has 5 nitrogen and oxygen atoms in total. The second-order valence-electron chi connectivity index (χ2n) is 4.17. The average Bonchev–Trinajstić information content (AvgIpc) is 2.86. The van der Waals surface area contributed by atoms with Gasteiger partial charge in [-0.05, 0) is 18.6 Å². The molecule has 100 valence electrons. The summed E-state index contributed by atoms with van der Waals surface area (Å²) in [5, 5.41) is 11.4. The van der Waals surface area contributed by atoms with E-state index in [2.05, 4.69) is 27.8 Å². The van der Waals surface area contributed by atoms with Crippen LogP contribution in [-0.2, 0) is 11.8 Å². The molecule has 0 aliphatic heterocycles. The Morgan fingerprint density at radius 3 is 2.89 bits per heavy atom. The van der Waals surface area contributed by atoms with Crippen LogP contribution in [0.15, 0.2) is 30.6 Å². The Hall–Kier alpha value is -1.69. The van der Waals surface area contributed by atoms with Gasteiger partial charge in [0.2, 0.25) is 0 Å². The molecule has 2 rings (SSSR count). The molecule has 0 bridgehead atoms. The Morgan fingerprint density at radius 1 is 1.47 bits per heavy atom. The lowest BCUT2D eigenvalue weighted by Gasteiger charge is -2.08. The van der Waals surface area contributed by atoms with Crippen LogP contribution >= 0.6 is 15.9 Å². The first-order chi connectivity index (χ1) is 9.17. The smallest absolute Gasteiger partial charge is 0.273 e. The summed E-state index contributed by atoms with van der Waals surface area (Å²) in [5.41, 5.74) is 1.71. The van der Waals surface area contributed by atoms with Gasteiger partial charge in [0.15, 0.2) is 0 Å². The van der Waals surface area contributed by atoms with E-state index in [9.17, 15) is 10.1 Å². The zero-order valence-corrected chi connectivity index (χ0v) is 12.1. The predicted molar refractivity (Wildman–Crippen MR) is 76.8 cm³/mol. The molecule has 0 saturated carbocycles. The van der Waals surface area contributed by atoms with Crippen molar-refractivity contribution in [2.75, 3.05) is 0 Å². The number of rotatable bonds is 5. The van der Waals surface area contributed by atoms with Crippen LogP contribution in [0.5, 0.6) is 0 Å². The lowest BCUT2D eigenvalue weighted by molar-refractivity contribution is -0.385. The van der Waals surface area contributed by atoms with Crippen molar-refractivity contribution >= 4 is 21.6 Å². The SMILES string of the molecule is CCCc1nccn1-c1ccc([N+](=O)[O-])c(CBr)c1. The van der Waals surface area contributed by atoms with Crippen molar-refractivity contribution in [2.45, 2.75) is 25.1 Å². The highest BCUT2D eigenvalue weighted by Gasteiger charge is 2.14. The fourth-order valence-electron chi connectivity index (χ4n) is 1.98. The molecule has 0 unspecified atom stereocenters. The predicted octanol–water partition coefficient (Wildman–Crippen LogP) is 3.63. The molecular weight excluding hydrogens is 310 g/mol. The third-order valence-electron chi connectivity index (χ3n) is 2.87. The van der Waals surface area contributed by atoms with Crippen molar-refractivity contribution in [3.8, 4) is 5.69 Å². The molecular formula is C13H14BrN3O2. The van der Waals surface area contributed by atoms with Crippen molar-refractivity contribution in [1.29, 1.82) is 0 Å². The van der Waals surface area contributed by atoms with Gasteiger partial charge in [-0.3, -0.25) is 10.1 Å². The molecule has 0 aliphatic rings. The Morgan fingerprint density at radius 2 is 2.26 bits per heavy atom. The lowest BCUT2D eigenvalue weighted by atomic mass is 10.1. The number of halogens is 1. The van der Waals surface area contributed by atoms with E-state index in [0.717, 1.165) is 24.4 Å². The number of benzene rings is 1. The summed E-state index contributed by atoms with van der Waals surface area (Å²) in [7, 11) is 0. The number of nitro groups is 1. The number of aryl methyl sites for hydroxylation is 1. The highest BCUT2D eigenvalue weighted by Crippen LogP contribution is 2.24. The van der Waals surface area contributed by atoms with E-state index in [-0.39, 0.29) is 10.6 Å². The summed E-state index contributed by atoms with van der Waals surface area (Å²) in [6.45, 7) is 2.10. The van der Waals surface area contributed by atoms with Gasteiger partial charge in [0.05, 0.1) is 4.92 Å². The first-order valence-corrected chi connectivity index (χ1v) is 7.15. The van der Waals surface area contributed by atoms with Crippen molar-refractivity contribution in [3.63, 3.8) is 0 Å². The first-order valence-electron chi connectivity index (χ1n) is 6.03. The first kappa shape index (κ1) is 13.7. The molecule has 6 heteroatoms. The number of hydrogen-bond donors (Lipinski definition) is 0. The maximum absolute atomic E-state index is 10.9. The Bertz CT molecular complexity index is 595. The van der Waals surface area contributed by atoms with Gasteiger partial charge >= 0.3 is 0 Å². The van der Waals surface area contributed by atoms with Crippen molar-refractivity contribution in [2.24, 2.45) is 0 Å². The Labute approximate surface area is 119 Å². The number of alkyl halides is 1. The van der Waals surface area contributed by atoms with Crippen molar-refractivity contribution in [3.05, 3.63) is 52.1 Å². The minimum Gasteiger partial charge on any atom is -0.304 e.